The van der Waals surface area contributed by atoms with Crippen molar-refractivity contribution >= 4 is 29.1 Å². The lowest BCUT2D eigenvalue weighted by Gasteiger charge is -2.09. The number of benzene rings is 1. The van der Waals surface area contributed by atoms with Gasteiger partial charge in [-0.1, -0.05) is 0 Å². The highest BCUT2D eigenvalue weighted by Gasteiger charge is 2.15. The van der Waals surface area contributed by atoms with Crippen molar-refractivity contribution in [2.75, 3.05) is 10.6 Å². The van der Waals surface area contributed by atoms with E-state index in [2.05, 4.69) is 15.6 Å². The van der Waals surface area contributed by atoms with Gasteiger partial charge in [0, 0.05) is 24.5 Å². The highest BCUT2D eigenvalue weighted by atomic mass is 19.1. The van der Waals surface area contributed by atoms with Crippen molar-refractivity contribution in [3.8, 4) is 0 Å². The number of pyridine rings is 1. The van der Waals surface area contributed by atoms with Crippen LogP contribution in [0.25, 0.3) is 0 Å². The van der Waals surface area contributed by atoms with Crippen molar-refractivity contribution in [1.82, 2.24) is 4.98 Å². The number of nitrogens with zero attached hydrogens (tertiary/aromatic N) is 1. The summed E-state index contributed by atoms with van der Waals surface area (Å²) >= 11 is 0. The van der Waals surface area contributed by atoms with Gasteiger partial charge in [-0.05, 0) is 30.3 Å². The topological polar surface area (TPSA) is 91.3 Å². The molecule has 1 heterocycles. The summed E-state index contributed by atoms with van der Waals surface area (Å²) in [6.45, 7) is 1.39. The van der Waals surface area contributed by atoms with Crippen molar-refractivity contribution in [1.29, 1.82) is 0 Å². The molecular weight excluding hydrogens is 277 g/mol. The maximum Gasteiger partial charge on any atom is 0.338 e. The monoisotopic (exact) mass is 289 g/mol. The predicted molar refractivity (Wildman–Crippen MR) is 75.2 cm³/mol. The molecule has 2 rings (SSSR count). The number of aromatic nitrogens is 1. The minimum atomic E-state index is -1.36. The molecule has 108 valence electrons. The minimum absolute atomic E-state index is 0.179. The van der Waals surface area contributed by atoms with Crippen molar-refractivity contribution in [3.63, 3.8) is 0 Å². The number of anilines is 3. The van der Waals surface area contributed by atoms with Crippen LogP contribution in [0.5, 0.6) is 0 Å². The van der Waals surface area contributed by atoms with Gasteiger partial charge in [-0.3, -0.25) is 4.79 Å². The summed E-state index contributed by atoms with van der Waals surface area (Å²) in [5.74, 6) is -2.67. The molecule has 2 aromatic rings. The maximum atomic E-state index is 13.9. The summed E-state index contributed by atoms with van der Waals surface area (Å²) in [4.78, 5) is 25.5. The summed E-state index contributed by atoms with van der Waals surface area (Å²) in [7, 11) is 0. The Bertz CT molecular complexity index is 686. The molecule has 7 heteroatoms. The zero-order valence-corrected chi connectivity index (χ0v) is 11.1. The number of carbonyl (C=O) groups is 2. The third-order valence-electron chi connectivity index (χ3n) is 2.59. The van der Waals surface area contributed by atoms with Crippen LogP contribution in [0.2, 0.25) is 0 Å². The van der Waals surface area contributed by atoms with E-state index in [9.17, 15) is 14.0 Å². The molecule has 0 aliphatic rings. The lowest BCUT2D eigenvalue weighted by Crippen LogP contribution is -2.06. The second-order valence-corrected chi connectivity index (χ2v) is 4.21. The van der Waals surface area contributed by atoms with E-state index in [0.717, 1.165) is 6.07 Å². The van der Waals surface area contributed by atoms with Crippen LogP contribution in [0.1, 0.15) is 17.3 Å². The predicted octanol–water partition coefficient (Wildman–Crippen LogP) is 2.62. The average Bonchev–Trinajstić information content (AvgIpc) is 2.42. The number of hydrogen-bond acceptors (Lipinski definition) is 4. The number of carboxylic acid groups (broad SMARTS) is 1. The molecule has 1 aromatic heterocycles. The molecule has 0 fully saturated rings. The first-order valence-corrected chi connectivity index (χ1v) is 6.00. The van der Waals surface area contributed by atoms with E-state index in [1.54, 1.807) is 24.3 Å². The number of carboxylic acids is 1. The molecule has 0 aliphatic carbocycles. The molecule has 6 nitrogen and oxygen atoms in total. The standard InChI is InChI=1S/C14H12FN3O3/c1-8(19)17-9-2-4-10(5-3-9)18-13-12(15)11(14(20)21)6-7-16-13/h2-7H,1H3,(H,16,18)(H,17,19)(H,20,21). The number of rotatable bonds is 4. The highest BCUT2D eigenvalue weighted by molar-refractivity contribution is 5.89. The average molecular weight is 289 g/mol. The molecule has 0 saturated carbocycles. The Morgan fingerprint density at radius 1 is 1.14 bits per heavy atom. The summed E-state index contributed by atoms with van der Waals surface area (Å²) < 4.78 is 13.9. The van der Waals surface area contributed by atoms with Crippen LogP contribution in [-0.2, 0) is 4.79 Å². The fraction of sp³-hybridized carbons (Fsp3) is 0.0714. The number of halogens is 1. The van der Waals surface area contributed by atoms with Crippen LogP contribution in [0.3, 0.4) is 0 Å². The minimum Gasteiger partial charge on any atom is -0.478 e. The summed E-state index contributed by atoms with van der Waals surface area (Å²) in [5.41, 5.74) is 0.654. The quantitative estimate of drug-likeness (QED) is 0.804. The van der Waals surface area contributed by atoms with E-state index >= 15 is 0 Å². The Morgan fingerprint density at radius 2 is 1.76 bits per heavy atom. The first kappa shape index (κ1) is 14.4. The van der Waals surface area contributed by atoms with Gasteiger partial charge in [-0.25, -0.2) is 14.2 Å². The normalized spacial score (nSPS) is 10.0. The Morgan fingerprint density at radius 3 is 2.33 bits per heavy atom. The molecule has 1 amide bonds. The summed E-state index contributed by atoms with van der Waals surface area (Å²) in [5, 5.41) is 14.1. The van der Waals surface area contributed by atoms with E-state index in [1.807, 2.05) is 0 Å². The van der Waals surface area contributed by atoms with Crippen molar-refractivity contribution in [2.24, 2.45) is 0 Å². The van der Waals surface area contributed by atoms with E-state index < -0.39 is 17.3 Å². The van der Waals surface area contributed by atoms with Crippen LogP contribution in [0.4, 0.5) is 21.6 Å². The van der Waals surface area contributed by atoms with Gasteiger partial charge in [0.1, 0.15) is 5.56 Å². The molecule has 21 heavy (non-hydrogen) atoms. The number of hydrogen-bond donors (Lipinski definition) is 3. The number of carbonyl (C=O) groups excluding carboxylic acids is 1. The molecule has 0 spiro atoms. The van der Waals surface area contributed by atoms with Crippen LogP contribution >= 0.6 is 0 Å². The summed E-state index contributed by atoms with van der Waals surface area (Å²) in [6.07, 6.45) is 1.21. The molecule has 0 aliphatic heterocycles. The fourth-order valence-electron chi connectivity index (χ4n) is 1.67. The molecule has 0 saturated heterocycles. The Labute approximate surface area is 119 Å². The van der Waals surface area contributed by atoms with Crippen molar-refractivity contribution in [3.05, 3.63) is 47.9 Å². The third-order valence-corrected chi connectivity index (χ3v) is 2.59. The zero-order valence-electron chi connectivity index (χ0n) is 11.1. The van der Waals surface area contributed by atoms with Gasteiger partial charge in [-0.15, -0.1) is 0 Å². The molecule has 0 bridgehead atoms. The molecule has 0 atom stereocenters. The molecule has 3 N–H and O–H groups in total. The van der Waals surface area contributed by atoms with Gasteiger partial charge in [0.15, 0.2) is 11.6 Å². The van der Waals surface area contributed by atoms with E-state index in [1.165, 1.54) is 13.1 Å². The van der Waals surface area contributed by atoms with Crippen molar-refractivity contribution in [2.45, 2.75) is 6.92 Å². The summed E-state index contributed by atoms with van der Waals surface area (Å²) in [6, 6.07) is 7.56. The van der Waals surface area contributed by atoms with Crippen molar-refractivity contribution < 1.29 is 19.1 Å². The second kappa shape index (κ2) is 6.00. The van der Waals surface area contributed by atoms with Crippen LogP contribution < -0.4 is 10.6 Å². The van der Waals surface area contributed by atoms with Crippen LogP contribution in [0.15, 0.2) is 36.5 Å². The zero-order chi connectivity index (χ0) is 15.4. The molecular formula is C14H12FN3O3. The lowest BCUT2D eigenvalue weighted by atomic mass is 10.2. The largest absolute Gasteiger partial charge is 0.478 e. The van der Waals surface area contributed by atoms with Gasteiger partial charge < -0.3 is 15.7 Å². The first-order chi connectivity index (χ1) is 9.97. The van der Waals surface area contributed by atoms with Gasteiger partial charge in [0.05, 0.1) is 0 Å². The second-order valence-electron chi connectivity index (χ2n) is 4.21. The third kappa shape index (κ3) is 3.53. The van der Waals surface area contributed by atoms with E-state index in [-0.39, 0.29) is 11.7 Å². The smallest absolute Gasteiger partial charge is 0.338 e. The molecule has 0 unspecified atom stereocenters. The van der Waals surface area contributed by atoms with Crippen LogP contribution in [0, 0.1) is 5.82 Å². The number of nitrogens with one attached hydrogen (secondary N) is 2. The highest BCUT2D eigenvalue weighted by Crippen LogP contribution is 2.21. The van der Waals surface area contributed by atoms with E-state index in [4.69, 9.17) is 5.11 Å². The van der Waals surface area contributed by atoms with Crippen LogP contribution in [-0.4, -0.2) is 22.0 Å². The van der Waals surface area contributed by atoms with Gasteiger partial charge in [0.25, 0.3) is 0 Å². The number of aromatic carboxylic acids is 1. The van der Waals surface area contributed by atoms with Gasteiger partial charge in [0.2, 0.25) is 5.91 Å². The first-order valence-electron chi connectivity index (χ1n) is 6.00. The Hall–Kier alpha value is -2.96. The number of amides is 1. The van der Waals surface area contributed by atoms with Gasteiger partial charge >= 0.3 is 5.97 Å². The lowest BCUT2D eigenvalue weighted by molar-refractivity contribution is -0.114. The molecule has 0 radical (unpaired) electrons. The van der Waals surface area contributed by atoms with E-state index in [0.29, 0.717) is 11.4 Å². The Balaban J connectivity index is 2.20. The fourth-order valence-corrected chi connectivity index (χ4v) is 1.67. The SMILES string of the molecule is CC(=O)Nc1ccc(Nc2nccc(C(=O)O)c2F)cc1. The Kier molecular flexibility index (Phi) is 4.13. The molecule has 1 aromatic carbocycles. The van der Waals surface area contributed by atoms with Gasteiger partial charge in [-0.2, -0.15) is 0 Å². The maximum absolute atomic E-state index is 13.9.